The Kier molecular flexibility index (Phi) is 8.08. The van der Waals surface area contributed by atoms with E-state index < -0.39 is 11.4 Å². The number of Topliss-reactive ketones (excluding diaryl/α,β-unsaturated/α-hetero) is 1. The van der Waals surface area contributed by atoms with E-state index in [0.29, 0.717) is 22.6 Å². The van der Waals surface area contributed by atoms with E-state index in [1.165, 1.54) is 19.2 Å². The topological polar surface area (TPSA) is 76.0 Å². The minimum absolute atomic E-state index is 0.0264. The first kappa shape index (κ1) is 24.7. The number of hydrogen-bond donors (Lipinski definition) is 2. The van der Waals surface area contributed by atoms with E-state index in [1.54, 1.807) is 43.3 Å². The normalized spacial score (nSPS) is 12.8. The molecule has 3 rings (SSSR count). The fraction of sp³-hybridized carbons (Fsp3) is 0.269. The molecule has 0 heterocycles. The number of hydrogen-bond acceptors (Lipinski definition) is 5. The molecule has 0 spiro atoms. The van der Waals surface area contributed by atoms with Crippen LogP contribution < -0.4 is 9.47 Å². The zero-order chi connectivity index (χ0) is 24.0. The smallest absolute Gasteiger partial charge is 0.163 e. The van der Waals surface area contributed by atoms with Crippen molar-refractivity contribution in [3.63, 3.8) is 0 Å². The van der Waals surface area contributed by atoms with E-state index in [0.717, 1.165) is 11.1 Å². The second-order valence-electron chi connectivity index (χ2n) is 7.84. The van der Waals surface area contributed by atoms with Gasteiger partial charge in [0, 0.05) is 12.0 Å². The Morgan fingerprint density at radius 1 is 1.06 bits per heavy atom. The van der Waals surface area contributed by atoms with Crippen molar-refractivity contribution in [1.29, 1.82) is 0 Å². The standard InChI is InChI=1S/C26H26ClFO5/c1-26(31,20-5-3-4-17(14-20)18-6-8-22(28)21(27)15-18)11-10-23(30)19-7-9-24(33-13-12-29)25(16-19)32-2/h3-9,14-16,29,31H,10-13H2,1-2H3. The largest absolute Gasteiger partial charge is 0.493 e. The number of carbonyl (C=O) groups is 1. The molecular weight excluding hydrogens is 447 g/mol. The average Bonchev–Trinajstić information content (AvgIpc) is 2.83. The number of aliphatic hydroxyl groups excluding tert-OH is 1. The number of ketones is 1. The Morgan fingerprint density at radius 3 is 2.52 bits per heavy atom. The summed E-state index contributed by atoms with van der Waals surface area (Å²) >= 11 is 5.90. The zero-order valence-electron chi connectivity index (χ0n) is 18.5. The first-order chi connectivity index (χ1) is 15.7. The maximum absolute atomic E-state index is 13.5. The third-order valence-electron chi connectivity index (χ3n) is 5.41. The van der Waals surface area contributed by atoms with E-state index >= 15 is 0 Å². The summed E-state index contributed by atoms with van der Waals surface area (Å²) in [5.41, 5.74) is 1.33. The SMILES string of the molecule is COc1cc(C(=O)CCC(C)(O)c2cccc(-c3ccc(F)c(Cl)c3)c2)ccc1OCCO. The molecule has 0 saturated heterocycles. The number of rotatable bonds is 10. The molecule has 0 radical (unpaired) electrons. The van der Waals surface area contributed by atoms with E-state index in [1.807, 2.05) is 12.1 Å². The van der Waals surface area contributed by atoms with Crippen molar-refractivity contribution >= 4 is 17.4 Å². The number of aliphatic hydroxyl groups is 2. The van der Waals surface area contributed by atoms with Crippen molar-refractivity contribution < 1.29 is 28.9 Å². The molecule has 7 heteroatoms. The maximum Gasteiger partial charge on any atom is 0.163 e. The molecule has 0 amide bonds. The van der Waals surface area contributed by atoms with Crippen LogP contribution in [-0.2, 0) is 5.60 Å². The van der Waals surface area contributed by atoms with E-state index in [4.69, 9.17) is 26.2 Å². The first-order valence-electron chi connectivity index (χ1n) is 10.5. The van der Waals surface area contributed by atoms with Crippen molar-refractivity contribution in [2.45, 2.75) is 25.4 Å². The molecule has 0 aliphatic rings. The van der Waals surface area contributed by atoms with Crippen LogP contribution in [0.5, 0.6) is 11.5 Å². The van der Waals surface area contributed by atoms with E-state index in [9.17, 15) is 14.3 Å². The van der Waals surface area contributed by atoms with Crippen molar-refractivity contribution in [3.8, 4) is 22.6 Å². The van der Waals surface area contributed by atoms with Gasteiger partial charge < -0.3 is 19.7 Å². The Hall–Kier alpha value is -2.93. The minimum Gasteiger partial charge on any atom is -0.493 e. The number of ether oxygens (including phenoxy) is 2. The predicted octanol–water partition coefficient (Wildman–Crippen LogP) is 5.40. The number of methoxy groups -OCH3 is 1. The summed E-state index contributed by atoms with van der Waals surface area (Å²) < 4.78 is 24.2. The zero-order valence-corrected chi connectivity index (χ0v) is 19.2. The van der Waals surface area contributed by atoms with Gasteiger partial charge in [-0.1, -0.05) is 35.9 Å². The highest BCUT2D eigenvalue weighted by Gasteiger charge is 2.25. The molecule has 1 unspecified atom stereocenters. The van der Waals surface area contributed by atoms with Gasteiger partial charge >= 0.3 is 0 Å². The summed E-state index contributed by atoms with van der Waals surface area (Å²) in [4.78, 5) is 12.8. The quantitative estimate of drug-likeness (QED) is 0.386. The summed E-state index contributed by atoms with van der Waals surface area (Å²) in [6, 6.07) is 16.5. The molecule has 2 N–H and O–H groups in total. The van der Waals surface area contributed by atoms with Crippen LogP contribution in [0.15, 0.2) is 60.7 Å². The third kappa shape index (κ3) is 6.11. The van der Waals surface area contributed by atoms with Gasteiger partial charge in [-0.25, -0.2) is 4.39 Å². The number of benzene rings is 3. The highest BCUT2D eigenvalue weighted by atomic mass is 35.5. The number of halogens is 2. The van der Waals surface area contributed by atoms with Gasteiger partial charge in [0.25, 0.3) is 0 Å². The molecule has 0 bridgehead atoms. The lowest BCUT2D eigenvalue weighted by atomic mass is 9.87. The molecule has 0 aliphatic heterocycles. The molecule has 0 aliphatic carbocycles. The lowest BCUT2D eigenvalue weighted by Crippen LogP contribution is -2.22. The molecule has 5 nitrogen and oxygen atoms in total. The molecule has 3 aromatic carbocycles. The molecule has 0 saturated carbocycles. The Balaban J connectivity index is 1.73. The highest BCUT2D eigenvalue weighted by molar-refractivity contribution is 6.31. The molecule has 3 aromatic rings. The van der Waals surface area contributed by atoms with Gasteiger partial charge in [-0.2, -0.15) is 0 Å². The number of carbonyl (C=O) groups excluding carboxylic acids is 1. The van der Waals surface area contributed by atoms with Crippen molar-refractivity contribution in [3.05, 3.63) is 82.6 Å². The predicted molar refractivity (Wildman–Crippen MR) is 126 cm³/mol. The van der Waals surface area contributed by atoms with Crippen molar-refractivity contribution in [2.24, 2.45) is 0 Å². The van der Waals surface area contributed by atoms with E-state index in [2.05, 4.69) is 0 Å². The summed E-state index contributed by atoms with van der Waals surface area (Å²) in [5.74, 6) is 0.190. The monoisotopic (exact) mass is 472 g/mol. The second kappa shape index (κ2) is 10.8. The summed E-state index contributed by atoms with van der Waals surface area (Å²) in [6.45, 7) is 1.65. The van der Waals surface area contributed by atoms with Crippen LogP contribution in [0.25, 0.3) is 11.1 Å². The van der Waals surface area contributed by atoms with Gasteiger partial charge in [0.2, 0.25) is 0 Å². The minimum atomic E-state index is -1.26. The Labute approximate surface area is 197 Å². The van der Waals surface area contributed by atoms with Gasteiger partial charge in [-0.15, -0.1) is 0 Å². The van der Waals surface area contributed by atoms with Gasteiger partial charge in [0.1, 0.15) is 12.4 Å². The molecular formula is C26H26ClFO5. The van der Waals surface area contributed by atoms with Crippen LogP contribution in [0, 0.1) is 5.82 Å². The van der Waals surface area contributed by atoms with Crippen LogP contribution in [0.3, 0.4) is 0 Å². The molecule has 1 atom stereocenters. The summed E-state index contributed by atoms with van der Waals surface area (Å²) in [6.07, 6.45) is 0.310. The van der Waals surface area contributed by atoms with Crippen LogP contribution in [0.4, 0.5) is 4.39 Å². The van der Waals surface area contributed by atoms with Gasteiger partial charge in [-0.05, 0) is 66.4 Å². The van der Waals surface area contributed by atoms with Gasteiger partial charge in [0.05, 0.1) is 24.3 Å². The van der Waals surface area contributed by atoms with E-state index in [-0.39, 0.29) is 36.9 Å². The highest BCUT2D eigenvalue weighted by Crippen LogP contribution is 2.33. The maximum atomic E-state index is 13.5. The first-order valence-corrected chi connectivity index (χ1v) is 10.9. The summed E-state index contributed by atoms with van der Waals surface area (Å²) in [7, 11) is 1.47. The third-order valence-corrected chi connectivity index (χ3v) is 5.70. The van der Waals surface area contributed by atoms with Crippen LogP contribution >= 0.6 is 11.6 Å². The van der Waals surface area contributed by atoms with Crippen LogP contribution in [0.2, 0.25) is 5.02 Å². The Bertz CT molecular complexity index is 1130. The molecule has 0 aromatic heterocycles. The van der Waals surface area contributed by atoms with Crippen LogP contribution in [-0.4, -0.2) is 36.3 Å². The van der Waals surface area contributed by atoms with Crippen molar-refractivity contribution in [1.82, 2.24) is 0 Å². The van der Waals surface area contributed by atoms with Gasteiger partial charge in [-0.3, -0.25) is 4.79 Å². The fourth-order valence-corrected chi connectivity index (χ4v) is 3.65. The average molecular weight is 473 g/mol. The van der Waals surface area contributed by atoms with Crippen molar-refractivity contribution in [2.75, 3.05) is 20.3 Å². The second-order valence-corrected chi connectivity index (χ2v) is 8.25. The lowest BCUT2D eigenvalue weighted by molar-refractivity contribution is 0.0437. The lowest BCUT2D eigenvalue weighted by Gasteiger charge is -2.24. The van der Waals surface area contributed by atoms with Gasteiger partial charge in [0.15, 0.2) is 17.3 Å². The molecule has 0 fully saturated rings. The van der Waals surface area contributed by atoms with Crippen LogP contribution in [0.1, 0.15) is 35.7 Å². The molecule has 33 heavy (non-hydrogen) atoms. The molecule has 174 valence electrons. The summed E-state index contributed by atoms with van der Waals surface area (Å²) in [5, 5.41) is 20.0. The fourth-order valence-electron chi connectivity index (χ4n) is 3.47. The Morgan fingerprint density at radius 2 is 1.82 bits per heavy atom.